The van der Waals surface area contributed by atoms with Crippen LogP contribution in [0.2, 0.25) is 0 Å². The Kier molecular flexibility index (Phi) is 2.86. The van der Waals surface area contributed by atoms with E-state index < -0.39 is 0 Å². The highest BCUT2D eigenvalue weighted by Gasteiger charge is 2.34. The third-order valence-corrected chi connectivity index (χ3v) is 3.52. The molecule has 2 aliphatic rings. The molecule has 2 heterocycles. The van der Waals surface area contributed by atoms with E-state index in [9.17, 15) is 0 Å². The van der Waals surface area contributed by atoms with Crippen molar-refractivity contribution in [1.82, 2.24) is 10.2 Å². The molecule has 0 aromatic heterocycles. The minimum Gasteiger partial charge on any atom is -0.395 e. The van der Waals surface area contributed by atoms with Crippen LogP contribution in [-0.2, 0) is 0 Å². The standard InChI is InChI=1S/C10H20N2O/c1-12(4-5-13)10-6-8-2-3-9(7-10)11-8/h8-11,13H,2-7H2,1H3. The number of nitrogens with one attached hydrogen (secondary N) is 1. The number of likely N-dealkylation sites (N-methyl/N-ethyl adjacent to an activating group) is 1. The summed E-state index contributed by atoms with van der Waals surface area (Å²) in [7, 11) is 2.13. The maximum absolute atomic E-state index is 8.86. The number of hydrogen-bond acceptors (Lipinski definition) is 3. The first-order valence-electron chi connectivity index (χ1n) is 5.36. The van der Waals surface area contributed by atoms with Crippen LogP contribution < -0.4 is 5.32 Å². The van der Waals surface area contributed by atoms with E-state index >= 15 is 0 Å². The largest absolute Gasteiger partial charge is 0.395 e. The van der Waals surface area contributed by atoms with Crippen molar-refractivity contribution in [2.45, 2.75) is 43.8 Å². The third kappa shape index (κ3) is 2.03. The molecule has 0 saturated carbocycles. The first-order chi connectivity index (χ1) is 6.29. The number of piperidine rings is 1. The van der Waals surface area contributed by atoms with Crippen LogP contribution in [0.3, 0.4) is 0 Å². The molecule has 0 aromatic carbocycles. The van der Waals surface area contributed by atoms with Gasteiger partial charge in [-0.25, -0.2) is 0 Å². The summed E-state index contributed by atoms with van der Waals surface area (Å²) in [6, 6.07) is 2.21. The first-order valence-corrected chi connectivity index (χ1v) is 5.36. The normalized spacial score (nSPS) is 38.5. The molecular weight excluding hydrogens is 164 g/mol. The van der Waals surface area contributed by atoms with Crippen molar-refractivity contribution in [1.29, 1.82) is 0 Å². The number of nitrogens with zero attached hydrogens (tertiary/aromatic N) is 1. The summed E-state index contributed by atoms with van der Waals surface area (Å²) in [6.45, 7) is 1.11. The zero-order valence-electron chi connectivity index (χ0n) is 8.37. The highest BCUT2D eigenvalue weighted by atomic mass is 16.3. The molecular formula is C10H20N2O. The van der Waals surface area contributed by atoms with Crippen LogP contribution in [0.15, 0.2) is 0 Å². The Bertz CT molecular complexity index is 162. The van der Waals surface area contributed by atoms with E-state index in [4.69, 9.17) is 5.11 Å². The molecule has 2 atom stereocenters. The molecule has 2 rings (SSSR count). The van der Waals surface area contributed by atoms with E-state index in [0.29, 0.717) is 6.04 Å². The zero-order valence-corrected chi connectivity index (χ0v) is 8.37. The molecule has 2 saturated heterocycles. The third-order valence-electron chi connectivity index (χ3n) is 3.52. The van der Waals surface area contributed by atoms with E-state index in [2.05, 4.69) is 17.3 Å². The molecule has 13 heavy (non-hydrogen) atoms. The lowest BCUT2D eigenvalue weighted by molar-refractivity contribution is 0.140. The maximum atomic E-state index is 8.86. The molecule has 2 bridgehead atoms. The lowest BCUT2D eigenvalue weighted by Crippen LogP contribution is -2.47. The second-order valence-corrected chi connectivity index (χ2v) is 4.47. The van der Waals surface area contributed by atoms with Crippen LogP contribution in [0.1, 0.15) is 25.7 Å². The Morgan fingerprint density at radius 3 is 2.46 bits per heavy atom. The second-order valence-electron chi connectivity index (χ2n) is 4.47. The number of rotatable bonds is 3. The summed E-state index contributed by atoms with van der Waals surface area (Å²) < 4.78 is 0. The fraction of sp³-hybridized carbons (Fsp3) is 1.00. The summed E-state index contributed by atoms with van der Waals surface area (Å²) in [5.41, 5.74) is 0. The molecule has 0 aromatic rings. The summed E-state index contributed by atoms with van der Waals surface area (Å²) in [5, 5.41) is 12.5. The van der Waals surface area contributed by atoms with Crippen LogP contribution in [0.5, 0.6) is 0 Å². The number of aliphatic hydroxyl groups excluding tert-OH is 1. The van der Waals surface area contributed by atoms with Crippen LogP contribution >= 0.6 is 0 Å². The fourth-order valence-corrected chi connectivity index (χ4v) is 2.73. The van der Waals surface area contributed by atoms with Crippen LogP contribution in [0.25, 0.3) is 0 Å². The highest BCUT2D eigenvalue weighted by molar-refractivity contribution is 4.94. The fourth-order valence-electron chi connectivity index (χ4n) is 2.73. The lowest BCUT2D eigenvalue weighted by atomic mass is 9.99. The van der Waals surface area contributed by atoms with E-state index in [1.165, 1.54) is 25.7 Å². The quantitative estimate of drug-likeness (QED) is 0.657. The van der Waals surface area contributed by atoms with Gasteiger partial charge in [-0.05, 0) is 32.7 Å². The molecule has 2 N–H and O–H groups in total. The van der Waals surface area contributed by atoms with Crippen LogP contribution in [0.4, 0.5) is 0 Å². The average molecular weight is 184 g/mol. The average Bonchev–Trinajstić information content (AvgIpc) is 2.46. The lowest BCUT2D eigenvalue weighted by Gasteiger charge is -2.35. The van der Waals surface area contributed by atoms with Crippen LogP contribution in [-0.4, -0.2) is 48.3 Å². The summed E-state index contributed by atoms with van der Waals surface area (Å²) >= 11 is 0. The maximum Gasteiger partial charge on any atom is 0.0558 e. The van der Waals surface area contributed by atoms with Gasteiger partial charge in [-0.1, -0.05) is 0 Å². The Morgan fingerprint density at radius 2 is 1.92 bits per heavy atom. The van der Waals surface area contributed by atoms with Gasteiger partial charge in [0.25, 0.3) is 0 Å². The van der Waals surface area contributed by atoms with E-state index in [0.717, 1.165) is 18.6 Å². The van der Waals surface area contributed by atoms with Crippen molar-refractivity contribution < 1.29 is 5.11 Å². The van der Waals surface area contributed by atoms with Crippen molar-refractivity contribution in [2.24, 2.45) is 0 Å². The topological polar surface area (TPSA) is 35.5 Å². The Morgan fingerprint density at radius 1 is 1.31 bits per heavy atom. The predicted molar refractivity (Wildman–Crippen MR) is 52.7 cm³/mol. The Balaban J connectivity index is 1.87. The molecule has 2 aliphatic heterocycles. The monoisotopic (exact) mass is 184 g/mol. The Hall–Kier alpha value is -0.120. The van der Waals surface area contributed by atoms with Gasteiger partial charge in [0.15, 0.2) is 0 Å². The van der Waals surface area contributed by atoms with Gasteiger partial charge >= 0.3 is 0 Å². The highest BCUT2D eigenvalue weighted by Crippen LogP contribution is 2.28. The second kappa shape index (κ2) is 3.95. The Labute approximate surface area is 80.1 Å². The first kappa shape index (κ1) is 9.44. The molecule has 3 nitrogen and oxygen atoms in total. The van der Waals surface area contributed by atoms with Gasteiger partial charge in [0.05, 0.1) is 6.61 Å². The van der Waals surface area contributed by atoms with Crippen molar-refractivity contribution in [3.63, 3.8) is 0 Å². The van der Waals surface area contributed by atoms with Crippen molar-refractivity contribution in [3.05, 3.63) is 0 Å². The molecule has 0 radical (unpaired) electrons. The van der Waals surface area contributed by atoms with Gasteiger partial charge in [-0.15, -0.1) is 0 Å². The summed E-state index contributed by atoms with van der Waals surface area (Å²) in [4.78, 5) is 2.31. The van der Waals surface area contributed by atoms with Gasteiger partial charge in [0.1, 0.15) is 0 Å². The molecule has 2 unspecified atom stereocenters. The summed E-state index contributed by atoms with van der Waals surface area (Å²) in [6.07, 6.45) is 5.25. The summed E-state index contributed by atoms with van der Waals surface area (Å²) in [5.74, 6) is 0. The molecule has 0 aliphatic carbocycles. The van der Waals surface area contributed by atoms with E-state index in [1.54, 1.807) is 0 Å². The van der Waals surface area contributed by atoms with Crippen LogP contribution in [0, 0.1) is 0 Å². The van der Waals surface area contributed by atoms with Crippen molar-refractivity contribution in [2.75, 3.05) is 20.2 Å². The number of aliphatic hydroxyl groups is 1. The molecule has 2 fully saturated rings. The SMILES string of the molecule is CN(CCO)C1CC2CCC(C1)N2. The van der Waals surface area contributed by atoms with Gasteiger partial charge in [-0.3, -0.25) is 0 Å². The smallest absolute Gasteiger partial charge is 0.0558 e. The van der Waals surface area contributed by atoms with Gasteiger partial charge in [0, 0.05) is 24.7 Å². The van der Waals surface area contributed by atoms with Gasteiger partial charge in [-0.2, -0.15) is 0 Å². The number of hydrogen-bond donors (Lipinski definition) is 2. The molecule has 3 heteroatoms. The van der Waals surface area contributed by atoms with E-state index in [1.807, 2.05) is 0 Å². The van der Waals surface area contributed by atoms with Gasteiger partial charge < -0.3 is 15.3 Å². The molecule has 0 spiro atoms. The molecule has 76 valence electrons. The minimum absolute atomic E-state index is 0.287. The van der Waals surface area contributed by atoms with Crippen molar-refractivity contribution >= 4 is 0 Å². The van der Waals surface area contributed by atoms with E-state index in [-0.39, 0.29) is 6.61 Å². The zero-order chi connectivity index (χ0) is 9.26. The predicted octanol–water partition coefficient (Wildman–Crippen LogP) is 0.193. The number of fused-ring (bicyclic) bond motifs is 2. The van der Waals surface area contributed by atoms with Crippen molar-refractivity contribution in [3.8, 4) is 0 Å². The van der Waals surface area contributed by atoms with Gasteiger partial charge in [0.2, 0.25) is 0 Å². The molecule has 0 amide bonds. The minimum atomic E-state index is 0.287.